The molecule has 3 atom stereocenters. The van der Waals surface area contributed by atoms with Crippen molar-refractivity contribution in [2.45, 2.75) is 32.1 Å². The third-order valence-corrected chi connectivity index (χ3v) is 6.12. The molecule has 0 aromatic heterocycles. The number of carbonyl (C=O) groups excluding carboxylic acids is 2. The van der Waals surface area contributed by atoms with Gasteiger partial charge >= 0.3 is 0 Å². The van der Waals surface area contributed by atoms with E-state index in [-0.39, 0.29) is 11.8 Å². The number of fused-ring (bicyclic) bond motifs is 2. The molecule has 2 aliphatic carbocycles. The largest absolute Gasteiger partial charge is 0.495 e. The topological polar surface area (TPSA) is 67.4 Å². The molecule has 4 rings (SSSR count). The van der Waals surface area contributed by atoms with Crippen LogP contribution in [0.3, 0.4) is 0 Å². The van der Waals surface area contributed by atoms with Gasteiger partial charge in [0.1, 0.15) is 5.75 Å². The van der Waals surface area contributed by atoms with E-state index in [1.807, 2.05) is 12.1 Å². The molecule has 0 radical (unpaired) electrons. The minimum absolute atomic E-state index is 0.0729. The summed E-state index contributed by atoms with van der Waals surface area (Å²) < 4.78 is 5.26. The Morgan fingerprint density at radius 1 is 1.00 bits per heavy atom. The van der Waals surface area contributed by atoms with Crippen LogP contribution in [0.15, 0.2) is 48.5 Å². The van der Waals surface area contributed by atoms with Crippen LogP contribution in [0, 0.1) is 17.8 Å². The van der Waals surface area contributed by atoms with Crippen LogP contribution in [0.4, 0.5) is 11.4 Å². The number of nitrogens with one attached hydrogen (secondary N) is 2. The van der Waals surface area contributed by atoms with Gasteiger partial charge in [-0.15, -0.1) is 0 Å². The van der Waals surface area contributed by atoms with E-state index in [2.05, 4.69) is 10.6 Å². The summed E-state index contributed by atoms with van der Waals surface area (Å²) in [7, 11) is 1.57. The summed E-state index contributed by atoms with van der Waals surface area (Å²) >= 11 is 0. The maximum atomic E-state index is 12.5. The van der Waals surface area contributed by atoms with Gasteiger partial charge in [0.25, 0.3) is 5.91 Å². The molecule has 2 amide bonds. The lowest BCUT2D eigenvalue weighted by Gasteiger charge is -2.20. The van der Waals surface area contributed by atoms with E-state index in [0.29, 0.717) is 29.3 Å². The van der Waals surface area contributed by atoms with Crippen LogP contribution >= 0.6 is 0 Å². The first kappa shape index (κ1) is 18.5. The van der Waals surface area contributed by atoms with Crippen LogP contribution in [-0.2, 0) is 4.79 Å². The Kier molecular flexibility index (Phi) is 5.33. The standard InChI is InChI=1S/C23H26N2O3/c1-28-21-5-3-2-4-20(21)25-23(27)16-8-10-19(11-9-16)24-22(26)14-18-13-15-6-7-17(18)12-15/h2-5,8-11,15,17-18H,6-7,12-14H2,1H3,(H,24,26)(H,25,27). The number of hydrogen-bond donors (Lipinski definition) is 2. The molecule has 0 saturated heterocycles. The molecule has 2 aromatic carbocycles. The van der Waals surface area contributed by atoms with Crippen molar-refractivity contribution in [2.24, 2.45) is 17.8 Å². The van der Waals surface area contributed by atoms with Crippen LogP contribution in [-0.4, -0.2) is 18.9 Å². The lowest BCUT2D eigenvalue weighted by atomic mass is 9.86. The summed E-state index contributed by atoms with van der Waals surface area (Å²) in [6.07, 6.45) is 5.77. The van der Waals surface area contributed by atoms with Crippen molar-refractivity contribution in [1.82, 2.24) is 0 Å². The SMILES string of the molecule is COc1ccccc1NC(=O)c1ccc(NC(=O)CC2CC3CCC2C3)cc1. The van der Waals surface area contributed by atoms with Gasteiger partial charge in [-0.2, -0.15) is 0 Å². The molecule has 2 bridgehead atoms. The van der Waals surface area contributed by atoms with Gasteiger partial charge in [0, 0.05) is 17.7 Å². The molecule has 5 heteroatoms. The predicted octanol–water partition coefficient (Wildman–Crippen LogP) is 4.71. The van der Waals surface area contributed by atoms with Gasteiger partial charge < -0.3 is 15.4 Å². The van der Waals surface area contributed by atoms with E-state index in [9.17, 15) is 9.59 Å². The Balaban J connectivity index is 1.33. The molecule has 0 aliphatic heterocycles. The highest BCUT2D eigenvalue weighted by Gasteiger charge is 2.40. The minimum atomic E-state index is -0.218. The smallest absolute Gasteiger partial charge is 0.255 e. The fourth-order valence-corrected chi connectivity index (χ4v) is 4.72. The normalized spacial score (nSPS) is 22.7. The van der Waals surface area contributed by atoms with Crippen molar-refractivity contribution in [2.75, 3.05) is 17.7 Å². The maximum Gasteiger partial charge on any atom is 0.255 e. The number of methoxy groups -OCH3 is 1. The summed E-state index contributed by atoms with van der Waals surface area (Å²) in [5.41, 5.74) is 1.87. The number of benzene rings is 2. The first-order valence-electron chi connectivity index (χ1n) is 9.96. The highest BCUT2D eigenvalue weighted by atomic mass is 16.5. The predicted molar refractivity (Wildman–Crippen MR) is 110 cm³/mol. The second kappa shape index (κ2) is 8.05. The number of hydrogen-bond acceptors (Lipinski definition) is 3. The molecule has 0 spiro atoms. The van der Waals surface area contributed by atoms with E-state index in [4.69, 9.17) is 4.74 Å². The molecule has 28 heavy (non-hydrogen) atoms. The van der Waals surface area contributed by atoms with Crippen LogP contribution in [0.25, 0.3) is 0 Å². The van der Waals surface area contributed by atoms with Crippen molar-refractivity contribution in [3.8, 4) is 5.75 Å². The molecule has 2 saturated carbocycles. The number of ether oxygens (including phenoxy) is 1. The summed E-state index contributed by atoms with van der Waals surface area (Å²) in [4.78, 5) is 24.8. The summed E-state index contributed by atoms with van der Waals surface area (Å²) in [6.45, 7) is 0. The van der Waals surface area contributed by atoms with Crippen molar-refractivity contribution >= 4 is 23.2 Å². The molecule has 2 aliphatic rings. The Morgan fingerprint density at radius 3 is 2.46 bits per heavy atom. The number of carbonyl (C=O) groups is 2. The lowest BCUT2D eigenvalue weighted by Crippen LogP contribution is -2.20. The molecule has 0 heterocycles. The van der Waals surface area contributed by atoms with Crippen molar-refractivity contribution < 1.29 is 14.3 Å². The molecular formula is C23H26N2O3. The third-order valence-electron chi connectivity index (χ3n) is 6.12. The fourth-order valence-electron chi connectivity index (χ4n) is 4.72. The molecule has 146 valence electrons. The molecule has 3 unspecified atom stereocenters. The summed E-state index contributed by atoms with van der Waals surface area (Å²) in [5, 5.41) is 5.82. The first-order chi connectivity index (χ1) is 13.6. The molecule has 2 N–H and O–H groups in total. The van der Waals surface area contributed by atoms with Crippen LogP contribution < -0.4 is 15.4 Å². The quantitative estimate of drug-likeness (QED) is 0.765. The van der Waals surface area contributed by atoms with Gasteiger partial charge in [-0.05, 0) is 73.4 Å². The van der Waals surface area contributed by atoms with Crippen molar-refractivity contribution in [3.05, 3.63) is 54.1 Å². The Morgan fingerprint density at radius 2 is 1.79 bits per heavy atom. The Labute approximate surface area is 165 Å². The number of para-hydroxylation sites is 2. The van der Waals surface area contributed by atoms with Gasteiger partial charge in [0.05, 0.1) is 12.8 Å². The number of amides is 2. The van der Waals surface area contributed by atoms with Gasteiger partial charge in [-0.25, -0.2) is 0 Å². The minimum Gasteiger partial charge on any atom is -0.495 e. The highest BCUT2D eigenvalue weighted by molar-refractivity contribution is 6.05. The zero-order chi connectivity index (χ0) is 19.5. The van der Waals surface area contributed by atoms with Crippen molar-refractivity contribution in [3.63, 3.8) is 0 Å². The second-order valence-electron chi connectivity index (χ2n) is 7.92. The third kappa shape index (κ3) is 4.03. The van der Waals surface area contributed by atoms with E-state index < -0.39 is 0 Å². The molecule has 2 aromatic rings. The van der Waals surface area contributed by atoms with Crippen LogP contribution in [0.2, 0.25) is 0 Å². The Bertz CT molecular complexity index is 862. The maximum absolute atomic E-state index is 12.5. The first-order valence-corrected chi connectivity index (χ1v) is 9.96. The Hall–Kier alpha value is -2.82. The lowest BCUT2D eigenvalue weighted by molar-refractivity contribution is -0.117. The second-order valence-corrected chi connectivity index (χ2v) is 7.92. The van der Waals surface area contributed by atoms with Gasteiger partial charge in [-0.3, -0.25) is 9.59 Å². The van der Waals surface area contributed by atoms with Crippen LogP contribution in [0.1, 0.15) is 42.5 Å². The average molecular weight is 378 g/mol. The summed E-state index contributed by atoms with van der Waals surface area (Å²) in [6, 6.07) is 14.3. The summed E-state index contributed by atoms with van der Waals surface area (Å²) in [5.74, 6) is 2.61. The monoisotopic (exact) mass is 378 g/mol. The number of rotatable bonds is 6. The van der Waals surface area contributed by atoms with Gasteiger partial charge in [0.2, 0.25) is 5.91 Å². The molecular weight excluding hydrogens is 352 g/mol. The van der Waals surface area contributed by atoms with Crippen molar-refractivity contribution in [1.29, 1.82) is 0 Å². The van der Waals surface area contributed by atoms with E-state index in [0.717, 1.165) is 17.5 Å². The van der Waals surface area contributed by atoms with E-state index >= 15 is 0 Å². The zero-order valence-electron chi connectivity index (χ0n) is 16.1. The molecule has 5 nitrogen and oxygen atoms in total. The van der Waals surface area contributed by atoms with Crippen LogP contribution in [0.5, 0.6) is 5.75 Å². The van der Waals surface area contributed by atoms with E-state index in [1.165, 1.54) is 25.7 Å². The van der Waals surface area contributed by atoms with Gasteiger partial charge in [0.15, 0.2) is 0 Å². The van der Waals surface area contributed by atoms with Gasteiger partial charge in [-0.1, -0.05) is 18.6 Å². The highest BCUT2D eigenvalue weighted by Crippen LogP contribution is 2.49. The molecule has 2 fully saturated rings. The fraction of sp³-hybridized carbons (Fsp3) is 0.391. The zero-order valence-corrected chi connectivity index (χ0v) is 16.1. The average Bonchev–Trinajstić information content (AvgIpc) is 3.32. The van der Waals surface area contributed by atoms with E-state index in [1.54, 1.807) is 43.5 Å². The number of anilines is 2.